The molecular formula is C20H22BN5O7S. The highest BCUT2D eigenvalue weighted by atomic mass is 32.1. The molecule has 14 heteroatoms. The number of thiazole rings is 1. The van der Waals surface area contributed by atoms with Crippen molar-refractivity contribution in [3.63, 3.8) is 0 Å². The highest BCUT2D eigenvalue weighted by Crippen LogP contribution is 2.30. The molecule has 3 heterocycles. The van der Waals surface area contributed by atoms with Crippen molar-refractivity contribution in [1.29, 1.82) is 0 Å². The molecule has 1 aromatic carbocycles. The van der Waals surface area contributed by atoms with Crippen molar-refractivity contribution in [3.05, 3.63) is 40.4 Å². The fourth-order valence-electron chi connectivity index (χ4n) is 3.93. The molecule has 34 heavy (non-hydrogen) atoms. The van der Waals surface area contributed by atoms with Gasteiger partial charge in [-0.1, -0.05) is 12.1 Å². The summed E-state index contributed by atoms with van der Waals surface area (Å²) >= 11 is 1.09. The average molecular weight is 487 g/mol. The van der Waals surface area contributed by atoms with Gasteiger partial charge in [0, 0.05) is 11.8 Å². The molecule has 0 aliphatic carbocycles. The summed E-state index contributed by atoms with van der Waals surface area (Å²) in [4.78, 5) is 53.1. The van der Waals surface area contributed by atoms with Crippen molar-refractivity contribution < 1.29 is 34.0 Å². The van der Waals surface area contributed by atoms with E-state index in [0.717, 1.165) is 11.3 Å². The van der Waals surface area contributed by atoms with E-state index >= 15 is 0 Å². The number of rotatable bonds is 6. The number of carboxylic acid groups (broad SMARTS) is 1. The standard InChI is InChI=1S/C20H22BN5O7S/c22-20-24-12(8-34-20)15(26-17(28)11-5-2-6-14(27)23-11)18(29)25-13-7-9-3-1-4-10(19(30)31)16(9)33-21(13)32/h1,3-4,8,11,13,15,32H,2,5-7H2,(H2,22,24)(H,23,27)(H,25,29)(H,26,28)(H,30,31)/t11?,13-,15?/m0/s1. The van der Waals surface area contributed by atoms with E-state index in [0.29, 0.717) is 24.8 Å². The minimum absolute atomic E-state index is 0.0400. The quantitative estimate of drug-likeness (QED) is 0.288. The van der Waals surface area contributed by atoms with E-state index in [1.54, 1.807) is 12.1 Å². The molecule has 0 bridgehead atoms. The molecule has 0 radical (unpaired) electrons. The number of amides is 3. The monoisotopic (exact) mass is 487 g/mol. The summed E-state index contributed by atoms with van der Waals surface area (Å²) in [6.07, 6.45) is 1.42. The molecule has 2 aliphatic heterocycles. The van der Waals surface area contributed by atoms with Crippen LogP contribution < -0.4 is 26.3 Å². The molecule has 12 nitrogen and oxygen atoms in total. The lowest BCUT2D eigenvalue weighted by Crippen LogP contribution is -2.57. The number of aromatic nitrogens is 1. The number of hydrogen-bond donors (Lipinski definition) is 6. The number of nitrogen functional groups attached to an aromatic ring is 1. The zero-order valence-corrected chi connectivity index (χ0v) is 18.6. The van der Waals surface area contributed by atoms with Crippen LogP contribution in [0.2, 0.25) is 0 Å². The maximum Gasteiger partial charge on any atom is 0.547 e. The second-order valence-corrected chi connectivity index (χ2v) is 8.88. The Morgan fingerprint density at radius 2 is 2.15 bits per heavy atom. The summed E-state index contributed by atoms with van der Waals surface area (Å²) < 4.78 is 5.41. The van der Waals surface area contributed by atoms with Gasteiger partial charge in [0.2, 0.25) is 17.7 Å². The van der Waals surface area contributed by atoms with Crippen molar-refractivity contribution >= 4 is 47.3 Å². The van der Waals surface area contributed by atoms with Crippen LogP contribution in [0.3, 0.4) is 0 Å². The van der Waals surface area contributed by atoms with Gasteiger partial charge in [-0.15, -0.1) is 11.3 Å². The molecule has 3 atom stereocenters. The summed E-state index contributed by atoms with van der Waals surface area (Å²) in [6.45, 7) is 0. The number of para-hydroxylation sites is 1. The third kappa shape index (κ3) is 4.97. The number of carbonyl (C=O) groups excluding carboxylic acids is 3. The van der Waals surface area contributed by atoms with Crippen LogP contribution in [-0.2, 0) is 20.8 Å². The largest absolute Gasteiger partial charge is 0.547 e. The molecule has 1 fully saturated rings. The van der Waals surface area contributed by atoms with E-state index in [1.165, 1.54) is 11.4 Å². The van der Waals surface area contributed by atoms with Crippen LogP contribution in [0, 0.1) is 0 Å². The number of nitrogens with two attached hydrogens (primary N) is 1. The summed E-state index contributed by atoms with van der Waals surface area (Å²) in [6, 6.07) is 2.52. The van der Waals surface area contributed by atoms with Gasteiger partial charge in [-0.2, -0.15) is 0 Å². The Morgan fingerprint density at radius 3 is 2.82 bits per heavy atom. The number of nitrogens with zero attached hydrogens (tertiary/aromatic N) is 1. The molecule has 2 aromatic rings. The smallest absolute Gasteiger partial charge is 0.534 e. The van der Waals surface area contributed by atoms with Crippen LogP contribution in [0.4, 0.5) is 5.13 Å². The lowest BCUT2D eigenvalue weighted by atomic mass is 9.72. The molecule has 2 aliphatic rings. The van der Waals surface area contributed by atoms with Crippen LogP contribution in [-0.4, -0.2) is 57.9 Å². The van der Waals surface area contributed by atoms with Gasteiger partial charge in [0.25, 0.3) is 0 Å². The van der Waals surface area contributed by atoms with Crippen molar-refractivity contribution in [1.82, 2.24) is 20.9 Å². The van der Waals surface area contributed by atoms with Crippen LogP contribution in [0.5, 0.6) is 5.75 Å². The van der Waals surface area contributed by atoms with E-state index < -0.39 is 42.9 Å². The maximum absolute atomic E-state index is 13.2. The number of aromatic carboxylic acids is 1. The zero-order valence-electron chi connectivity index (χ0n) is 17.8. The number of nitrogens with one attached hydrogen (secondary N) is 3. The van der Waals surface area contributed by atoms with Crippen molar-refractivity contribution in [2.24, 2.45) is 0 Å². The van der Waals surface area contributed by atoms with E-state index in [4.69, 9.17) is 10.4 Å². The summed E-state index contributed by atoms with van der Waals surface area (Å²) in [7, 11) is -1.52. The number of anilines is 1. The fourth-order valence-corrected chi connectivity index (χ4v) is 4.52. The highest BCUT2D eigenvalue weighted by molar-refractivity contribution is 7.13. The highest BCUT2D eigenvalue weighted by Gasteiger charge is 2.40. The first kappa shape index (κ1) is 23.5. The molecule has 1 saturated heterocycles. The van der Waals surface area contributed by atoms with E-state index in [9.17, 15) is 29.3 Å². The predicted molar refractivity (Wildman–Crippen MR) is 121 cm³/mol. The molecule has 4 rings (SSSR count). The van der Waals surface area contributed by atoms with Crippen LogP contribution in [0.1, 0.15) is 46.9 Å². The minimum Gasteiger partial charge on any atom is -0.534 e. The second kappa shape index (κ2) is 9.69. The normalized spacial score (nSPS) is 20.4. The number of carboxylic acids is 1. The van der Waals surface area contributed by atoms with Gasteiger partial charge in [-0.25, -0.2) is 9.78 Å². The molecular weight excluding hydrogens is 465 g/mol. The SMILES string of the molecule is Nc1nc(C(NC(=O)C2CCCC(=O)N2)C(=O)N[C@H]2Cc3cccc(C(=O)O)c3OB2O)cs1. The molecule has 1 aromatic heterocycles. The topological polar surface area (TPSA) is 193 Å². The van der Waals surface area contributed by atoms with Crippen molar-refractivity contribution in [3.8, 4) is 5.75 Å². The van der Waals surface area contributed by atoms with Crippen LogP contribution in [0.15, 0.2) is 23.6 Å². The summed E-state index contributed by atoms with van der Waals surface area (Å²) in [5, 5.41) is 29.4. The molecule has 2 unspecified atom stereocenters. The Hall–Kier alpha value is -3.65. The lowest BCUT2D eigenvalue weighted by Gasteiger charge is -2.30. The molecule has 0 spiro atoms. The predicted octanol–water partition coefficient (Wildman–Crippen LogP) is -0.611. The van der Waals surface area contributed by atoms with Gasteiger partial charge in [-0.05, 0) is 30.9 Å². The number of benzene rings is 1. The van der Waals surface area contributed by atoms with Gasteiger partial charge < -0.3 is 36.5 Å². The van der Waals surface area contributed by atoms with Gasteiger partial charge in [-0.3, -0.25) is 14.4 Å². The van der Waals surface area contributed by atoms with Crippen LogP contribution >= 0.6 is 11.3 Å². The number of hydrogen-bond acceptors (Lipinski definition) is 9. The zero-order chi connectivity index (χ0) is 24.4. The first-order chi connectivity index (χ1) is 16.2. The average Bonchev–Trinajstić information content (AvgIpc) is 3.23. The van der Waals surface area contributed by atoms with E-state index in [2.05, 4.69) is 20.9 Å². The van der Waals surface area contributed by atoms with Gasteiger partial charge >= 0.3 is 13.1 Å². The Balaban J connectivity index is 1.51. The van der Waals surface area contributed by atoms with Gasteiger partial charge in [0.15, 0.2) is 11.2 Å². The van der Waals surface area contributed by atoms with E-state index in [-0.39, 0.29) is 34.5 Å². The Labute approximate surface area is 198 Å². The minimum atomic E-state index is -1.52. The Bertz CT molecular complexity index is 1140. The Kier molecular flexibility index (Phi) is 6.70. The van der Waals surface area contributed by atoms with Gasteiger partial charge in [0.1, 0.15) is 11.8 Å². The summed E-state index contributed by atoms with van der Waals surface area (Å²) in [5.41, 5.74) is 6.31. The van der Waals surface area contributed by atoms with Crippen LogP contribution in [0.25, 0.3) is 0 Å². The molecule has 7 N–H and O–H groups in total. The molecule has 178 valence electrons. The van der Waals surface area contributed by atoms with Gasteiger partial charge in [0.05, 0.1) is 17.2 Å². The number of piperidine rings is 1. The lowest BCUT2D eigenvalue weighted by molar-refractivity contribution is -0.133. The Morgan fingerprint density at radius 1 is 1.35 bits per heavy atom. The van der Waals surface area contributed by atoms with E-state index in [1.807, 2.05) is 0 Å². The third-order valence-electron chi connectivity index (χ3n) is 5.61. The molecule has 3 amide bonds. The van der Waals surface area contributed by atoms with Crippen molar-refractivity contribution in [2.45, 2.75) is 43.7 Å². The number of fused-ring (bicyclic) bond motifs is 1. The maximum atomic E-state index is 13.2. The fraction of sp³-hybridized carbons (Fsp3) is 0.350. The second-order valence-electron chi connectivity index (χ2n) is 7.99. The third-order valence-corrected chi connectivity index (χ3v) is 6.30. The molecule has 0 saturated carbocycles. The first-order valence-corrected chi connectivity index (χ1v) is 11.4. The number of carbonyl (C=O) groups is 4. The van der Waals surface area contributed by atoms with Crippen molar-refractivity contribution in [2.75, 3.05) is 5.73 Å². The summed E-state index contributed by atoms with van der Waals surface area (Å²) in [5.74, 6) is -3.55. The first-order valence-electron chi connectivity index (χ1n) is 10.5.